The number of halogens is 3. The second-order valence-electron chi connectivity index (χ2n) is 16.7. The number of fused-ring (bicyclic) bond motifs is 3. The van der Waals surface area contributed by atoms with Gasteiger partial charge in [-0.25, -0.2) is 23.2 Å². The highest BCUT2D eigenvalue weighted by Gasteiger charge is 2.62. The number of aromatic carboxylic acids is 1. The van der Waals surface area contributed by atoms with Crippen LogP contribution in [-0.2, 0) is 30.6 Å². The third-order valence-electron chi connectivity index (χ3n) is 12.4. The molecule has 3 saturated carbocycles. The van der Waals surface area contributed by atoms with Crippen LogP contribution >= 0.6 is 11.3 Å². The van der Waals surface area contributed by atoms with E-state index in [4.69, 9.17) is 9.15 Å². The van der Waals surface area contributed by atoms with Crippen molar-refractivity contribution in [2.75, 3.05) is 11.9 Å². The second-order valence-corrected chi connectivity index (χ2v) is 19.5. The van der Waals surface area contributed by atoms with Gasteiger partial charge >= 0.3 is 12.1 Å². The van der Waals surface area contributed by atoms with Crippen LogP contribution in [0.2, 0.25) is 0 Å². The van der Waals surface area contributed by atoms with Crippen LogP contribution in [0.4, 0.5) is 18.3 Å². The molecule has 21 heteroatoms. The van der Waals surface area contributed by atoms with Crippen LogP contribution in [0.15, 0.2) is 71.0 Å². The Morgan fingerprint density at radius 2 is 1.75 bits per heavy atom. The van der Waals surface area contributed by atoms with Gasteiger partial charge in [-0.2, -0.15) is 18.2 Å². The molecule has 0 radical (unpaired) electrons. The Morgan fingerprint density at radius 1 is 1.02 bits per heavy atom. The van der Waals surface area contributed by atoms with Crippen molar-refractivity contribution in [3.8, 4) is 17.3 Å². The van der Waals surface area contributed by atoms with E-state index < -0.39 is 80.3 Å². The molecule has 9 rings (SSSR count). The first-order valence-electron chi connectivity index (χ1n) is 20.8. The summed E-state index contributed by atoms with van der Waals surface area (Å²) >= 11 is 1.02. The Labute approximate surface area is 367 Å². The first kappa shape index (κ1) is 43.2. The number of sulfonamides is 1. The molecule has 4 heterocycles. The van der Waals surface area contributed by atoms with Crippen LogP contribution in [0.3, 0.4) is 0 Å². The van der Waals surface area contributed by atoms with Crippen molar-refractivity contribution in [2.45, 2.75) is 92.9 Å². The number of rotatable bonds is 14. The molecule has 2 aromatic carbocycles. The van der Waals surface area contributed by atoms with E-state index in [1.165, 1.54) is 28.5 Å². The van der Waals surface area contributed by atoms with Crippen molar-refractivity contribution in [3.63, 3.8) is 0 Å². The summed E-state index contributed by atoms with van der Waals surface area (Å²) in [6.45, 7) is 3.58. The zero-order valence-corrected chi connectivity index (χ0v) is 35.6. The molecule has 1 saturated heterocycles. The molecule has 3 amide bonds. The lowest BCUT2D eigenvalue weighted by Gasteiger charge is -2.34. The van der Waals surface area contributed by atoms with Crippen LogP contribution in [0.5, 0.6) is 5.88 Å². The molecule has 4 aliphatic rings. The molecule has 0 spiro atoms. The fraction of sp³-hybridized carbons (Fsp3) is 0.419. The highest BCUT2D eigenvalue weighted by atomic mass is 32.2. The van der Waals surface area contributed by atoms with Gasteiger partial charge in [0.25, 0.3) is 11.8 Å². The molecular formula is C43H42F3N7O9S2. The topological polar surface area (TPSA) is 223 Å². The summed E-state index contributed by atoms with van der Waals surface area (Å²) in [7, 11) is -3.99. The Bertz CT molecular complexity index is 2790. The summed E-state index contributed by atoms with van der Waals surface area (Å²) in [6, 6.07) is 9.02. The molecule has 4 fully saturated rings. The van der Waals surface area contributed by atoms with Gasteiger partial charge in [0.1, 0.15) is 34.8 Å². The summed E-state index contributed by atoms with van der Waals surface area (Å²) in [5.74, 6) is -4.35. The van der Waals surface area contributed by atoms with E-state index in [1.54, 1.807) is 24.3 Å². The van der Waals surface area contributed by atoms with E-state index >= 15 is 4.79 Å². The van der Waals surface area contributed by atoms with Crippen LogP contribution < -0.4 is 20.1 Å². The van der Waals surface area contributed by atoms with E-state index in [9.17, 15) is 41.1 Å². The third-order valence-corrected chi connectivity index (χ3v) is 15.0. The fourth-order valence-corrected chi connectivity index (χ4v) is 10.8. The maximum atomic E-state index is 15.1. The van der Waals surface area contributed by atoms with Crippen molar-refractivity contribution in [3.05, 3.63) is 77.8 Å². The fourth-order valence-electron chi connectivity index (χ4n) is 8.73. The molecule has 0 bridgehead atoms. The molecule has 64 heavy (non-hydrogen) atoms. The minimum Gasteiger partial charge on any atom is -0.476 e. The summed E-state index contributed by atoms with van der Waals surface area (Å²) in [5.41, 5.74) is -1.65. The third kappa shape index (κ3) is 8.37. The van der Waals surface area contributed by atoms with Crippen molar-refractivity contribution >= 4 is 72.3 Å². The van der Waals surface area contributed by atoms with Gasteiger partial charge in [0.2, 0.25) is 27.4 Å². The van der Waals surface area contributed by atoms with Crippen molar-refractivity contribution in [2.24, 2.45) is 11.8 Å². The zero-order valence-electron chi connectivity index (χ0n) is 34.0. The quantitative estimate of drug-likeness (QED) is 0.0900. The summed E-state index contributed by atoms with van der Waals surface area (Å²) in [6.07, 6.45) is 0.563. The first-order chi connectivity index (χ1) is 30.5. The van der Waals surface area contributed by atoms with E-state index in [0.29, 0.717) is 42.2 Å². The second kappa shape index (κ2) is 16.5. The number of nitrogens with zero attached hydrogens (tertiary/aromatic N) is 4. The number of aromatic nitrogens is 3. The average molecular weight is 922 g/mol. The Morgan fingerprint density at radius 3 is 2.41 bits per heavy atom. The van der Waals surface area contributed by atoms with Gasteiger partial charge in [0, 0.05) is 28.7 Å². The lowest BCUT2D eigenvalue weighted by Crippen LogP contribution is -2.58. The molecule has 3 aliphatic carbocycles. The number of thiazole rings is 1. The van der Waals surface area contributed by atoms with Crippen LogP contribution in [0, 0.1) is 11.8 Å². The number of furan rings is 1. The normalized spacial score (nSPS) is 23.1. The number of carboxylic acids is 1. The maximum absolute atomic E-state index is 15.1. The van der Waals surface area contributed by atoms with Crippen LogP contribution in [-0.4, -0.2) is 92.6 Å². The Balaban J connectivity index is 1.07. The van der Waals surface area contributed by atoms with E-state index in [2.05, 4.69) is 36.9 Å². The minimum absolute atomic E-state index is 0.0204. The number of amides is 3. The molecule has 3 aromatic heterocycles. The molecule has 4 N–H and O–H groups in total. The number of carbonyl (C=O) groups excluding carboxylic acids is 3. The van der Waals surface area contributed by atoms with Gasteiger partial charge in [0.05, 0.1) is 17.4 Å². The summed E-state index contributed by atoms with van der Waals surface area (Å²) in [4.78, 5) is 69.9. The first-order valence-corrected chi connectivity index (χ1v) is 23.3. The predicted octanol–water partition coefficient (Wildman–Crippen LogP) is 6.30. The van der Waals surface area contributed by atoms with Gasteiger partial charge in [-0.1, -0.05) is 49.6 Å². The number of alkyl halides is 3. The lowest BCUT2D eigenvalue weighted by atomic mass is 9.83. The number of likely N-dealkylation sites (tertiary alicyclic amines) is 1. The average Bonchev–Trinajstić information content (AvgIpc) is 4.11. The van der Waals surface area contributed by atoms with E-state index in [-0.39, 0.29) is 59.0 Å². The van der Waals surface area contributed by atoms with Gasteiger partial charge in [-0.05, 0) is 62.3 Å². The summed E-state index contributed by atoms with van der Waals surface area (Å²) in [5, 5.41) is 16.9. The van der Waals surface area contributed by atoms with Gasteiger partial charge in [0.15, 0.2) is 16.6 Å². The highest BCUT2D eigenvalue weighted by molar-refractivity contribution is 7.91. The molecule has 16 nitrogen and oxygen atoms in total. The largest absolute Gasteiger partial charge is 0.476 e. The number of anilines is 1. The molecular weight excluding hydrogens is 880 g/mol. The monoisotopic (exact) mass is 921 g/mol. The Kier molecular flexibility index (Phi) is 11.1. The Hall–Kier alpha value is -6.09. The molecule has 1 aliphatic heterocycles. The van der Waals surface area contributed by atoms with Crippen LogP contribution in [0.25, 0.3) is 33.5 Å². The van der Waals surface area contributed by atoms with E-state index in [1.807, 2.05) is 0 Å². The highest BCUT2D eigenvalue weighted by Crippen LogP contribution is 2.46. The molecule has 5 aromatic rings. The van der Waals surface area contributed by atoms with E-state index in [0.717, 1.165) is 42.7 Å². The number of carboxylic acid groups (broad SMARTS) is 1. The van der Waals surface area contributed by atoms with Crippen LogP contribution in [0.1, 0.15) is 73.8 Å². The molecule has 336 valence electrons. The van der Waals surface area contributed by atoms with Crippen molar-refractivity contribution in [1.82, 2.24) is 29.9 Å². The predicted molar refractivity (Wildman–Crippen MR) is 227 cm³/mol. The molecule has 5 atom stereocenters. The van der Waals surface area contributed by atoms with Crippen molar-refractivity contribution in [1.29, 1.82) is 0 Å². The van der Waals surface area contributed by atoms with Gasteiger partial charge < -0.3 is 29.8 Å². The molecule has 0 unspecified atom stereocenters. The summed E-state index contributed by atoms with van der Waals surface area (Å²) < 4.78 is 81.1. The number of hydrogen-bond donors (Lipinski definition) is 4. The number of benzene rings is 2. The SMILES string of the molecule is C=C[C@@H]1C[C@]1(NC(=O)[C@@H]1C[C@@H](Oc2nc(-c3ccc(C(F)(F)F)cc3)nc3c2oc2ccccc23)CN1C(=O)[C@@H](Nc1nc(C(=O)O)cs1)C1CCCCC1)C(=O)NS(=O)(=O)C1CC1. The van der Waals surface area contributed by atoms with Gasteiger partial charge in [-0.15, -0.1) is 17.9 Å². The number of nitrogens with one attached hydrogen (secondary N) is 3. The lowest BCUT2D eigenvalue weighted by molar-refractivity contribution is -0.141. The number of hydrogen-bond acceptors (Lipinski definition) is 13. The van der Waals surface area contributed by atoms with Gasteiger partial charge in [-0.3, -0.25) is 19.1 Å². The minimum atomic E-state index is -4.58. The maximum Gasteiger partial charge on any atom is 0.416 e. The zero-order chi connectivity index (χ0) is 45.1. The number of carbonyl (C=O) groups is 4. The number of para-hydroxylation sites is 1. The number of ether oxygens (including phenoxy) is 1. The van der Waals surface area contributed by atoms with Crippen molar-refractivity contribution < 1.29 is 55.0 Å². The smallest absolute Gasteiger partial charge is 0.416 e. The standard InChI is InChI=1S/C43H42F3N7O9S2/c1-2-24-19-42(24,40(58)52-64(59,60)27-16-17-27)51-36(54)30-18-26(20-53(30)38(55)32(22-8-4-3-5-9-22)49-41-47-29(21-63-41)39(56)57)61-37-34-33(28-10-6-7-11-31(28)62-34)48-35(50-37)23-12-14-25(15-13-23)43(44,45)46/h2,6-7,10-15,21-22,24,26-27,30,32H,1,3-5,8-9,16-20H2,(H,47,49)(H,51,54)(H,52,58)(H,56,57)/t24-,26-,30+,32+,42-/m1/s1.